The quantitative estimate of drug-likeness (QED) is 0.622. The molecule has 0 atom stereocenters. The van der Waals surface area contributed by atoms with E-state index in [1.165, 1.54) is 11.1 Å². The van der Waals surface area contributed by atoms with Crippen molar-refractivity contribution in [3.8, 4) is 0 Å². The van der Waals surface area contributed by atoms with Crippen LogP contribution in [0.2, 0.25) is 0 Å². The van der Waals surface area contributed by atoms with E-state index in [-0.39, 0.29) is 0 Å². The minimum Gasteiger partial charge on any atom is -0.382 e. The summed E-state index contributed by atoms with van der Waals surface area (Å²) >= 11 is 0. The van der Waals surface area contributed by atoms with Gasteiger partial charge in [0.15, 0.2) is 0 Å². The first-order valence-electron chi connectivity index (χ1n) is 6.80. The van der Waals surface area contributed by atoms with E-state index in [2.05, 4.69) is 30.4 Å². The Morgan fingerprint density at radius 3 is 2.37 bits per heavy atom. The van der Waals surface area contributed by atoms with Gasteiger partial charge in [0, 0.05) is 13.7 Å². The molecule has 1 N–H and O–H groups in total. The SMILES string of the molecule is CCNCc1ccccc1COCCOCCOC. The molecule has 0 aliphatic rings. The average Bonchev–Trinajstić information content (AvgIpc) is 2.45. The molecule has 0 aromatic heterocycles. The maximum Gasteiger partial charge on any atom is 0.0721 e. The van der Waals surface area contributed by atoms with Crippen LogP contribution in [0.3, 0.4) is 0 Å². The first-order valence-corrected chi connectivity index (χ1v) is 6.80. The molecular weight excluding hydrogens is 242 g/mol. The van der Waals surface area contributed by atoms with Gasteiger partial charge < -0.3 is 19.5 Å². The summed E-state index contributed by atoms with van der Waals surface area (Å²) in [7, 11) is 1.67. The minimum absolute atomic E-state index is 0.610. The lowest BCUT2D eigenvalue weighted by atomic mass is 10.1. The third-order valence-corrected chi connectivity index (χ3v) is 2.75. The molecule has 0 saturated heterocycles. The Labute approximate surface area is 116 Å². The van der Waals surface area contributed by atoms with Gasteiger partial charge in [0.1, 0.15) is 0 Å². The van der Waals surface area contributed by atoms with E-state index in [1.54, 1.807) is 7.11 Å². The van der Waals surface area contributed by atoms with Gasteiger partial charge in [0.25, 0.3) is 0 Å². The van der Waals surface area contributed by atoms with Crippen LogP contribution in [0, 0.1) is 0 Å². The van der Waals surface area contributed by atoms with Crippen molar-refractivity contribution >= 4 is 0 Å². The first-order chi connectivity index (χ1) is 9.38. The van der Waals surface area contributed by atoms with Gasteiger partial charge in [-0.25, -0.2) is 0 Å². The van der Waals surface area contributed by atoms with E-state index in [0.29, 0.717) is 33.0 Å². The van der Waals surface area contributed by atoms with Gasteiger partial charge in [-0.1, -0.05) is 31.2 Å². The van der Waals surface area contributed by atoms with Crippen LogP contribution >= 0.6 is 0 Å². The predicted molar refractivity (Wildman–Crippen MR) is 76.2 cm³/mol. The molecule has 0 saturated carbocycles. The fraction of sp³-hybridized carbons (Fsp3) is 0.600. The topological polar surface area (TPSA) is 39.7 Å². The summed E-state index contributed by atoms with van der Waals surface area (Å²) in [5.74, 6) is 0. The van der Waals surface area contributed by atoms with Crippen LogP contribution in [-0.2, 0) is 27.4 Å². The molecule has 0 bridgehead atoms. The van der Waals surface area contributed by atoms with Crippen LogP contribution in [0.5, 0.6) is 0 Å². The molecule has 0 unspecified atom stereocenters. The van der Waals surface area contributed by atoms with E-state index in [9.17, 15) is 0 Å². The Balaban J connectivity index is 2.21. The molecule has 0 fully saturated rings. The summed E-state index contributed by atoms with van der Waals surface area (Å²) < 4.78 is 15.9. The van der Waals surface area contributed by atoms with Crippen molar-refractivity contribution in [1.82, 2.24) is 5.32 Å². The molecule has 1 aromatic rings. The van der Waals surface area contributed by atoms with Crippen LogP contribution in [-0.4, -0.2) is 40.1 Å². The van der Waals surface area contributed by atoms with Gasteiger partial charge in [-0.3, -0.25) is 0 Å². The van der Waals surface area contributed by atoms with Crippen molar-refractivity contribution in [2.24, 2.45) is 0 Å². The highest BCUT2D eigenvalue weighted by atomic mass is 16.5. The highest BCUT2D eigenvalue weighted by molar-refractivity contribution is 5.26. The second kappa shape index (κ2) is 10.9. The van der Waals surface area contributed by atoms with Crippen LogP contribution in [0.1, 0.15) is 18.1 Å². The summed E-state index contributed by atoms with van der Waals surface area (Å²) in [4.78, 5) is 0. The molecule has 1 aromatic carbocycles. The summed E-state index contributed by atoms with van der Waals surface area (Å²) in [5.41, 5.74) is 2.53. The number of hydrogen-bond acceptors (Lipinski definition) is 4. The average molecular weight is 267 g/mol. The Bertz CT molecular complexity index is 331. The van der Waals surface area contributed by atoms with Gasteiger partial charge in [-0.15, -0.1) is 0 Å². The Kier molecular flexibility index (Phi) is 9.27. The minimum atomic E-state index is 0.610. The second-order valence-electron chi connectivity index (χ2n) is 4.21. The molecule has 0 heterocycles. The second-order valence-corrected chi connectivity index (χ2v) is 4.21. The Morgan fingerprint density at radius 1 is 0.947 bits per heavy atom. The summed E-state index contributed by atoms with van der Waals surface area (Å²) in [6.07, 6.45) is 0. The van der Waals surface area contributed by atoms with E-state index in [4.69, 9.17) is 14.2 Å². The predicted octanol–water partition coefficient (Wildman–Crippen LogP) is 1.98. The van der Waals surface area contributed by atoms with Gasteiger partial charge in [-0.2, -0.15) is 0 Å². The lowest BCUT2D eigenvalue weighted by molar-refractivity contribution is 0.0198. The van der Waals surface area contributed by atoms with E-state index in [0.717, 1.165) is 13.1 Å². The Morgan fingerprint density at radius 2 is 1.63 bits per heavy atom. The van der Waals surface area contributed by atoms with Gasteiger partial charge >= 0.3 is 0 Å². The molecule has 0 spiro atoms. The third kappa shape index (κ3) is 7.28. The highest BCUT2D eigenvalue weighted by Gasteiger charge is 2.01. The number of rotatable bonds is 11. The van der Waals surface area contributed by atoms with E-state index in [1.807, 2.05) is 6.07 Å². The summed E-state index contributed by atoms with van der Waals surface area (Å²) in [5, 5.41) is 3.34. The van der Waals surface area contributed by atoms with Gasteiger partial charge in [0.05, 0.1) is 33.0 Å². The lowest BCUT2D eigenvalue weighted by Gasteiger charge is -2.10. The van der Waals surface area contributed by atoms with Crippen LogP contribution in [0.4, 0.5) is 0 Å². The monoisotopic (exact) mass is 267 g/mol. The molecule has 0 aliphatic carbocycles. The molecule has 0 radical (unpaired) electrons. The Hall–Kier alpha value is -0.940. The number of hydrogen-bond donors (Lipinski definition) is 1. The molecular formula is C15H25NO3. The van der Waals surface area contributed by atoms with Crippen molar-refractivity contribution in [1.29, 1.82) is 0 Å². The standard InChI is InChI=1S/C15H25NO3/c1-3-16-12-14-6-4-5-7-15(14)13-19-11-10-18-9-8-17-2/h4-7,16H,3,8-13H2,1-2H3. The van der Waals surface area contributed by atoms with Crippen molar-refractivity contribution in [3.05, 3.63) is 35.4 Å². The fourth-order valence-electron chi connectivity index (χ4n) is 1.67. The summed E-state index contributed by atoms with van der Waals surface area (Å²) in [6, 6.07) is 8.35. The third-order valence-electron chi connectivity index (χ3n) is 2.75. The number of methoxy groups -OCH3 is 1. The summed E-state index contributed by atoms with van der Waals surface area (Å²) in [6.45, 7) is 7.08. The van der Waals surface area contributed by atoms with Crippen molar-refractivity contribution < 1.29 is 14.2 Å². The van der Waals surface area contributed by atoms with Crippen LogP contribution in [0.15, 0.2) is 24.3 Å². The fourth-order valence-corrected chi connectivity index (χ4v) is 1.67. The maximum atomic E-state index is 5.63. The van der Waals surface area contributed by atoms with Crippen molar-refractivity contribution in [3.63, 3.8) is 0 Å². The number of ether oxygens (including phenoxy) is 3. The first kappa shape index (κ1) is 16.1. The molecule has 4 nitrogen and oxygen atoms in total. The van der Waals surface area contributed by atoms with Crippen LogP contribution in [0.25, 0.3) is 0 Å². The van der Waals surface area contributed by atoms with Gasteiger partial charge in [-0.05, 0) is 17.7 Å². The van der Waals surface area contributed by atoms with Crippen molar-refractivity contribution in [2.75, 3.05) is 40.1 Å². The number of nitrogens with one attached hydrogen (secondary N) is 1. The zero-order chi connectivity index (χ0) is 13.8. The lowest BCUT2D eigenvalue weighted by Crippen LogP contribution is -2.14. The van der Waals surface area contributed by atoms with Gasteiger partial charge in [0.2, 0.25) is 0 Å². The van der Waals surface area contributed by atoms with Crippen LogP contribution < -0.4 is 5.32 Å². The molecule has 108 valence electrons. The normalized spacial score (nSPS) is 10.8. The molecule has 19 heavy (non-hydrogen) atoms. The number of benzene rings is 1. The smallest absolute Gasteiger partial charge is 0.0721 e. The largest absolute Gasteiger partial charge is 0.382 e. The maximum absolute atomic E-state index is 5.63. The highest BCUT2D eigenvalue weighted by Crippen LogP contribution is 2.09. The van der Waals surface area contributed by atoms with Crippen molar-refractivity contribution in [2.45, 2.75) is 20.1 Å². The molecule has 1 rings (SSSR count). The molecule has 0 aliphatic heterocycles. The molecule has 0 amide bonds. The zero-order valence-electron chi connectivity index (χ0n) is 12.0. The van der Waals surface area contributed by atoms with E-state index >= 15 is 0 Å². The van der Waals surface area contributed by atoms with E-state index < -0.39 is 0 Å². The molecule has 4 heteroatoms. The zero-order valence-corrected chi connectivity index (χ0v) is 12.0.